The predicted octanol–water partition coefficient (Wildman–Crippen LogP) is 3.68. The van der Waals surface area contributed by atoms with Crippen molar-refractivity contribution in [2.75, 3.05) is 17.7 Å². The average Bonchev–Trinajstić information content (AvgIpc) is 3.09. The summed E-state index contributed by atoms with van der Waals surface area (Å²) in [6.07, 6.45) is 1.88. The first-order chi connectivity index (χ1) is 13.9. The van der Waals surface area contributed by atoms with E-state index < -0.39 is 5.97 Å². The van der Waals surface area contributed by atoms with E-state index in [-0.39, 0.29) is 5.91 Å². The molecule has 0 saturated heterocycles. The van der Waals surface area contributed by atoms with Gasteiger partial charge in [-0.15, -0.1) is 0 Å². The number of carbonyl (C=O) groups is 2. The van der Waals surface area contributed by atoms with Gasteiger partial charge in [-0.1, -0.05) is 6.07 Å². The lowest BCUT2D eigenvalue weighted by Crippen LogP contribution is -2.07. The Bertz CT molecular complexity index is 1260. The molecular weight excluding hydrogens is 370 g/mol. The molecule has 8 heteroatoms. The van der Waals surface area contributed by atoms with Gasteiger partial charge in [0.05, 0.1) is 23.9 Å². The van der Waals surface area contributed by atoms with E-state index in [2.05, 4.69) is 15.6 Å². The average molecular weight is 389 g/mol. The quantitative estimate of drug-likeness (QED) is 0.517. The van der Waals surface area contributed by atoms with Crippen molar-refractivity contribution < 1.29 is 14.3 Å². The summed E-state index contributed by atoms with van der Waals surface area (Å²) in [7, 11) is 1.34. The molecule has 29 heavy (non-hydrogen) atoms. The number of carbonyl (C=O) groups excluding carboxylic acids is 2. The molecule has 4 aromatic rings. The molecule has 0 fully saturated rings. The fourth-order valence-corrected chi connectivity index (χ4v) is 3.17. The van der Waals surface area contributed by atoms with Crippen LogP contribution in [-0.2, 0) is 9.53 Å². The number of amides is 1. The molecule has 2 heterocycles. The zero-order valence-corrected chi connectivity index (χ0v) is 16.2. The molecule has 4 rings (SSSR count). The van der Waals surface area contributed by atoms with E-state index in [9.17, 15) is 9.59 Å². The Kier molecular flexibility index (Phi) is 4.59. The van der Waals surface area contributed by atoms with Crippen molar-refractivity contribution in [2.45, 2.75) is 13.8 Å². The van der Waals surface area contributed by atoms with Crippen LogP contribution in [0.3, 0.4) is 0 Å². The van der Waals surface area contributed by atoms with Gasteiger partial charge in [0, 0.05) is 29.9 Å². The van der Waals surface area contributed by atoms with Gasteiger partial charge in [0.25, 0.3) is 0 Å². The van der Waals surface area contributed by atoms with Gasteiger partial charge in [0.1, 0.15) is 5.65 Å². The molecular formula is C21H19N5O3. The maximum Gasteiger partial charge on any atom is 0.337 e. The molecule has 0 spiro atoms. The van der Waals surface area contributed by atoms with E-state index >= 15 is 0 Å². The molecule has 146 valence electrons. The summed E-state index contributed by atoms with van der Waals surface area (Å²) < 4.78 is 6.67. The number of aromatic nitrogens is 3. The number of methoxy groups -OCH3 is 1. The second-order valence-corrected chi connectivity index (χ2v) is 6.62. The summed E-state index contributed by atoms with van der Waals surface area (Å²) in [6.45, 7) is 3.37. The van der Waals surface area contributed by atoms with Crippen LogP contribution >= 0.6 is 0 Å². The maximum absolute atomic E-state index is 11.9. The van der Waals surface area contributed by atoms with Crippen LogP contribution in [0.15, 0.2) is 48.7 Å². The Balaban J connectivity index is 1.84. The zero-order valence-electron chi connectivity index (χ0n) is 16.2. The number of benzene rings is 2. The lowest BCUT2D eigenvalue weighted by molar-refractivity contribution is -0.114. The van der Waals surface area contributed by atoms with Gasteiger partial charge in [-0.3, -0.25) is 9.20 Å². The molecule has 0 aliphatic carbocycles. The molecule has 2 aromatic carbocycles. The Hall–Kier alpha value is -3.94. The summed E-state index contributed by atoms with van der Waals surface area (Å²) in [4.78, 5) is 32.5. The van der Waals surface area contributed by atoms with Gasteiger partial charge in [0.15, 0.2) is 0 Å². The summed E-state index contributed by atoms with van der Waals surface area (Å²) >= 11 is 0. The summed E-state index contributed by atoms with van der Waals surface area (Å²) in [5, 5.41) is 6.85. The second kappa shape index (κ2) is 7.23. The van der Waals surface area contributed by atoms with E-state index in [1.807, 2.05) is 41.8 Å². The SMILES string of the molecule is COC(=O)c1ccc2c(c1)nc(Nc1cccc(NC(C)=O)c1)n1cc(C)nc21. The van der Waals surface area contributed by atoms with Gasteiger partial charge < -0.3 is 15.4 Å². The molecule has 8 nitrogen and oxygen atoms in total. The monoisotopic (exact) mass is 389 g/mol. The first kappa shape index (κ1) is 18.4. The highest BCUT2D eigenvalue weighted by Crippen LogP contribution is 2.26. The molecule has 0 aliphatic heterocycles. The number of esters is 1. The highest BCUT2D eigenvalue weighted by Gasteiger charge is 2.14. The van der Waals surface area contributed by atoms with E-state index in [0.717, 1.165) is 22.4 Å². The molecule has 1 amide bonds. The number of aryl methyl sites for hydroxylation is 1. The number of ether oxygens (including phenoxy) is 1. The Morgan fingerprint density at radius 3 is 2.62 bits per heavy atom. The number of rotatable bonds is 4. The van der Waals surface area contributed by atoms with E-state index in [4.69, 9.17) is 9.72 Å². The Morgan fingerprint density at radius 1 is 1.07 bits per heavy atom. The lowest BCUT2D eigenvalue weighted by Gasteiger charge is -2.12. The third-order valence-corrected chi connectivity index (χ3v) is 4.38. The standard InChI is InChI=1S/C21H19N5O3/c1-12-11-26-19(22-12)17-8-7-14(20(28)29-3)9-18(17)25-21(26)24-16-6-4-5-15(10-16)23-13(2)27/h4-11H,1-3H3,(H,23,27)(H,24,25). The normalized spacial score (nSPS) is 10.9. The number of hydrogen-bond acceptors (Lipinski definition) is 6. The van der Waals surface area contributed by atoms with Crippen molar-refractivity contribution in [2.24, 2.45) is 0 Å². The van der Waals surface area contributed by atoms with Crippen LogP contribution in [-0.4, -0.2) is 33.4 Å². The smallest absolute Gasteiger partial charge is 0.337 e. The first-order valence-electron chi connectivity index (χ1n) is 8.97. The zero-order chi connectivity index (χ0) is 20.5. The predicted molar refractivity (Wildman–Crippen MR) is 111 cm³/mol. The van der Waals surface area contributed by atoms with Crippen LogP contribution in [0.1, 0.15) is 23.0 Å². The minimum Gasteiger partial charge on any atom is -0.465 e. The number of imidazole rings is 1. The largest absolute Gasteiger partial charge is 0.465 e. The van der Waals surface area contributed by atoms with Crippen molar-refractivity contribution in [1.82, 2.24) is 14.4 Å². The second-order valence-electron chi connectivity index (χ2n) is 6.62. The van der Waals surface area contributed by atoms with Crippen LogP contribution in [0.4, 0.5) is 17.3 Å². The molecule has 2 aromatic heterocycles. The van der Waals surface area contributed by atoms with Crippen LogP contribution in [0.5, 0.6) is 0 Å². The fourth-order valence-electron chi connectivity index (χ4n) is 3.17. The van der Waals surface area contributed by atoms with Crippen molar-refractivity contribution in [3.63, 3.8) is 0 Å². The fraction of sp³-hybridized carbons (Fsp3) is 0.143. The number of hydrogen-bond donors (Lipinski definition) is 2. The Morgan fingerprint density at radius 2 is 1.86 bits per heavy atom. The van der Waals surface area contributed by atoms with Crippen LogP contribution in [0, 0.1) is 6.92 Å². The number of anilines is 3. The van der Waals surface area contributed by atoms with E-state index in [0.29, 0.717) is 22.7 Å². The van der Waals surface area contributed by atoms with Gasteiger partial charge in [-0.25, -0.2) is 14.8 Å². The molecule has 0 atom stereocenters. The molecule has 0 saturated carbocycles. The van der Waals surface area contributed by atoms with Gasteiger partial charge >= 0.3 is 5.97 Å². The van der Waals surface area contributed by atoms with Gasteiger partial charge in [0.2, 0.25) is 11.9 Å². The van der Waals surface area contributed by atoms with E-state index in [1.54, 1.807) is 18.2 Å². The first-order valence-corrected chi connectivity index (χ1v) is 8.97. The number of fused-ring (bicyclic) bond motifs is 3. The highest BCUT2D eigenvalue weighted by atomic mass is 16.5. The minimum atomic E-state index is -0.425. The Labute approximate surface area is 166 Å². The number of nitrogens with one attached hydrogen (secondary N) is 2. The van der Waals surface area contributed by atoms with Crippen molar-refractivity contribution in [1.29, 1.82) is 0 Å². The molecule has 0 aliphatic rings. The summed E-state index contributed by atoms with van der Waals surface area (Å²) in [5.41, 5.74) is 4.02. The topological polar surface area (TPSA) is 97.6 Å². The minimum absolute atomic E-state index is 0.144. The van der Waals surface area contributed by atoms with Crippen LogP contribution in [0.25, 0.3) is 16.6 Å². The highest BCUT2D eigenvalue weighted by molar-refractivity contribution is 5.99. The van der Waals surface area contributed by atoms with Crippen molar-refractivity contribution in [3.05, 3.63) is 59.9 Å². The maximum atomic E-state index is 11.9. The van der Waals surface area contributed by atoms with Gasteiger partial charge in [-0.05, 0) is 43.3 Å². The lowest BCUT2D eigenvalue weighted by atomic mass is 10.1. The van der Waals surface area contributed by atoms with Crippen LogP contribution in [0.2, 0.25) is 0 Å². The van der Waals surface area contributed by atoms with Crippen molar-refractivity contribution in [3.8, 4) is 0 Å². The summed E-state index contributed by atoms with van der Waals surface area (Å²) in [6, 6.07) is 12.5. The number of nitrogens with zero attached hydrogens (tertiary/aromatic N) is 3. The van der Waals surface area contributed by atoms with Crippen LogP contribution < -0.4 is 10.6 Å². The molecule has 0 radical (unpaired) electrons. The van der Waals surface area contributed by atoms with E-state index in [1.165, 1.54) is 14.0 Å². The molecule has 2 N–H and O–H groups in total. The van der Waals surface area contributed by atoms with Crippen molar-refractivity contribution >= 4 is 45.7 Å². The van der Waals surface area contributed by atoms with Gasteiger partial charge in [-0.2, -0.15) is 0 Å². The third-order valence-electron chi connectivity index (χ3n) is 4.38. The third kappa shape index (κ3) is 3.60. The molecule has 0 bridgehead atoms. The molecule has 0 unspecified atom stereocenters. The summed E-state index contributed by atoms with van der Waals surface area (Å²) in [5.74, 6) is -0.0327.